The number of rotatable bonds is 4. The van der Waals surface area contributed by atoms with E-state index >= 15 is 0 Å². The van der Waals surface area contributed by atoms with Gasteiger partial charge in [0, 0.05) is 26.2 Å². The van der Waals surface area contributed by atoms with Crippen molar-refractivity contribution in [3.05, 3.63) is 35.9 Å². The topological polar surface area (TPSA) is 43.8 Å². The second-order valence-corrected chi connectivity index (χ2v) is 7.90. The Kier molecular flexibility index (Phi) is 5.44. The van der Waals surface area contributed by atoms with Crippen molar-refractivity contribution < 1.29 is 9.90 Å². The van der Waals surface area contributed by atoms with E-state index in [-0.39, 0.29) is 0 Å². The summed E-state index contributed by atoms with van der Waals surface area (Å²) in [6, 6.07) is 10.7. The first-order chi connectivity index (χ1) is 11.6. The SMILES string of the molecule is CN(Cc1ccccc1)CC1CCC2(CC1)CCN(C(=O)O)CC2. The van der Waals surface area contributed by atoms with Crippen molar-refractivity contribution in [1.82, 2.24) is 9.80 Å². The van der Waals surface area contributed by atoms with Crippen LogP contribution in [0.1, 0.15) is 44.1 Å². The number of carbonyl (C=O) groups is 1. The van der Waals surface area contributed by atoms with Gasteiger partial charge in [0.05, 0.1) is 0 Å². The van der Waals surface area contributed by atoms with E-state index < -0.39 is 6.09 Å². The number of amides is 1. The van der Waals surface area contributed by atoms with Crippen LogP contribution in [-0.2, 0) is 6.54 Å². The number of hydrogen-bond donors (Lipinski definition) is 1. The highest BCUT2D eigenvalue weighted by molar-refractivity contribution is 5.65. The lowest BCUT2D eigenvalue weighted by Crippen LogP contribution is -2.44. The highest BCUT2D eigenvalue weighted by atomic mass is 16.4. The first kappa shape index (κ1) is 17.3. The molecule has 2 fully saturated rings. The minimum absolute atomic E-state index is 0.431. The van der Waals surface area contributed by atoms with E-state index in [4.69, 9.17) is 5.11 Å². The normalized spacial score (nSPS) is 21.3. The maximum absolute atomic E-state index is 11.1. The van der Waals surface area contributed by atoms with Gasteiger partial charge in [-0.15, -0.1) is 0 Å². The Hall–Kier alpha value is -1.55. The molecule has 1 aliphatic heterocycles. The van der Waals surface area contributed by atoms with Gasteiger partial charge in [-0.25, -0.2) is 4.79 Å². The quantitative estimate of drug-likeness (QED) is 0.905. The van der Waals surface area contributed by atoms with E-state index in [1.165, 1.54) is 37.8 Å². The Morgan fingerprint density at radius 1 is 1.17 bits per heavy atom. The number of piperidine rings is 1. The average Bonchev–Trinajstić information content (AvgIpc) is 2.58. The lowest BCUT2D eigenvalue weighted by Gasteiger charge is -2.45. The fourth-order valence-electron chi connectivity index (χ4n) is 4.55. The molecule has 1 spiro atoms. The lowest BCUT2D eigenvalue weighted by molar-refractivity contribution is 0.0462. The van der Waals surface area contributed by atoms with Gasteiger partial charge in [0.1, 0.15) is 0 Å². The molecule has 1 aromatic rings. The molecule has 0 unspecified atom stereocenters. The zero-order valence-electron chi connectivity index (χ0n) is 14.8. The standard InChI is InChI=1S/C20H30N2O2/c1-21(15-17-5-3-2-4-6-17)16-18-7-9-20(10-8-18)11-13-22(14-12-20)19(23)24/h2-6,18H,7-16H2,1H3,(H,23,24). The molecule has 1 aromatic carbocycles. The third kappa shape index (κ3) is 4.29. The Morgan fingerprint density at radius 3 is 2.38 bits per heavy atom. The molecular weight excluding hydrogens is 300 g/mol. The van der Waals surface area contributed by atoms with E-state index in [2.05, 4.69) is 42.3 Å². The van der Waals surface area contributed by atoms with Gasteiger partial charge in [-0.2, -0.15) is 0 Å². The summed E-state index contributed by atoms with van der Waals surface area (Å²) in [6.45, 7) is 3.66. The van der Waals surface area contributed by atoms with Crippen molar-refractivity contribution in [3.8, 4) is 0 Å². The minimum atomic E-state index is -0.749. The Bertz CT molecular complexity index is 528. The molecule has 1 aliphatic carbocycles. The number of carboxylic acid groups (broad SMARTS) is 1. The van der Waals surface area contributed by atoms with Crippen molar-refractivity contribution in [2.75, 3.05) is 26.7 Å². The Labute approximate surface area is 145 Å². The second kappa shape index (κ2) is 7.56. The second-order valence-electron chi connectivity index (χ2n) is 7.90. The summed E-state index contributed by atoms with van der Waals surface area (Å²) in [5.41, 5.74) is 1.81. The minimum Gasteiger partial charge on any atom is -0.465 e. The molecule has 1 N–H and O–H groups in total. The molecule has 0 atom stereocenters. The molecule has 2 aliphatic rings. The van der Waals surface area contributed by atoms with Crippen LogP contribution in [-0.4, -0.2) is 47.7 Å². The van der Waals surface area contributed by atoms with Gasteiger partial charge in [-0.3, -0.25) is 0 Å². The predicted molar refractivity (Wildman–Crippen MR) is 96.0 cm³/mol. The van der Waals surface area contributed by atoms with Crippen LogP contribution in [0.4, 0.5) is 4.79 Å². The molecular formula is C20H30N2O2. The molecule has 3 rings (SSSR count). The van der Waals surface area contributed by atoms with Crippen molar-refractivity contribution in [2.24, 2.45) is 11.3 Å². The molecule has 0 bridgehead atoms. The van der Waals surface area contributed by atoms with Crippen LogP contribution in [0.15, 0.2) is 30.3 Å². The maximum atomic E-state index is 11.1. The van der Waals surface area contributed by atoms with Crippen LogP contribution in [0, 0.1) is 11.3 Å². The van der Waals surface area contributed by atoms with Gasteiger partial charge in [-0.1, -0.05) is 30.3 Å². The summed E-state index contributed by atoms with van der Waals surface area (Å²) < 4.78 is 0. The highest BCUT2D eigenvalue weighted by Crippen LogP contribution is 2.46. The first-order valence-corrected chi connectivity index (χ1v) is 9.27. The zero-order chi connectivity index (χ0) is 17.0. The number of nitrogens with zero attached hydrogens (tertiary/aromatic N) is 2. The first-order valence-electron chi connectivity index (χ1n) is 9.27. The summed E-state index contributed by atoms with van der Waals surface area (Å²) in [6.07, 6.45) is 6.53. The van der Waals surface area contributed by atoms with Gasteiger partial charge in [0.2, 0.25) is 0 Å². The van der Waals surface area contributed by atoms with Crippen molar-refractivity contribution in [3.63, 3.8) is 0 Å². The Balaban J connectivity index is 1.43. The van der Waals surface area contributed by atoms with Crippen LogP contribution in [0.3, 0.4) is 0 Å². The smallest absolute Gasteiger partial charge is 0.407 e. The van der Waals surface area contributed by atoms with Gasteiger partial charge in [0.15, 0.2) is 0 Å². The van der Waals surface area contributed by atoms with Gasteiger partial charge < -0.3 is 14.9 Å². The largest absolute Gasteiger partial charge is 0.465 e. The molecule has 4 nitrogen and oxygen atoms in total. The molecule has 1 amide bonds. The zero-order valence-corrected chi connectivity index (χ0v) is 14.8. The van der Waals surface area contributed by atoms with E-state index in [1.54, 1.807) is 4.90 Å². The van der Waals surface area contributed by atoms with Crippen LogP contribution >= 0.6 is 0 Å². The number of benzene rings is 1. The molecule has 0 aromatic heterocycles. The van der Waals surface area contributed by atoms with E-state index in [1.807, 2.05) is 0 Å². The summed E-state index contributed by atoms with van der Waals surface area (Å²) in [5.74, 6) is 0.793. The van der Waals surface area contributed by atoms with Gasteiger partial charge >= 0.3 is 6.09 Å². The predicted octanol–water partition coefficient (Wildman–Crippen LogP) is 4.07. The molecule has 0 radical (unpaired) electrons. The van der Waals surface area contributed by atoms with Gasteiger partial charge in [-0.05, 0) is 62.5 Å². The molecule has 1 heterocycles. The third-order valence-electron chi connectivity index (χ3n) is 6.13. The number of hydrogen-bond acceptors (Lipinski definition) is 2. The summed E-state index contributed by atoms with van der Waals surface area (Å²) in [7, 11) is 2.22. The van der Waals surface area contributed by atoms with Crippen LogP contribution in [0.25, 0.3) is 0 Å². The number of likely N-dealkylation sites (tertiary alicyclic amines) is 1. The average molecular weight is 330 g/mol. The summed E-state index contributed by atoms with van der Waals surface area (Å²) >= 11 is 0. The van der Waals surface area contributed by atoms with E-state index in [0.29, 0.717) is 5.41 Å². The maximum Gasteiger partial charge on any atom is 0.407 e. The van der Waals surface area contributed by atoms with Crippen molar-refractivity contribution in [1.29, 1.82) is 0 Å². The van der Waals surface area contributed by atoms with E-state index in [9.17, 15) is 4.79 Å². The van der Waals surface area contributed by atoms with Crippen molar-refractivity contribution in [2.45, 2.75) is 45.1 Å². The molecule has 24 heavy (non-hydrogen) atoms. The van der Waals surface area contributed by atoms with E-state index in [0.717, 1.165) is 38.4 Å². The lowest BCUT2D eigenvalue weighted by atomic mass is 9.65. The van der Waals surface area contributed by atoms with Gasteiger partial charge in [0.25, 0.3) is 0 Å². The van der Waals surface area contributed by atoms with Crippen LogP contribution in [0.5, 0.6) is 0 Å². The molecule has 132 valence electrons. The molecule has 1 saturated heterocycles. The Morgan fingerprint density at radius 2 is 1.79 bits per heavy atom. The molecule has 4 heteroatoms. The summed E-state index contributed by atoms with van der Waals surface area (Å²) in [4.78, 5) is 15.1. The monoisotopic (exact) mass is 330 g/mol. The molecule has 1 saturated carbocycles. The fraction of sp³-hybridized carbons (Fsp3) is 0.650. The van der Waals surface area contributed by atoms with Crippen molar-refractivity contribution >= 4 is 6.09 Å². The fourth-order valence-corrected chi connectivity index (χ4v) is 4.55. The third-order valence-corrected chi connectivity index (χ3v) is 6.13. The van der Waals surface area contributed by atoms with Crippen LogP contribution in [0.2, 0.25) is 0 Å². The summed E-state index contributed by atoms with van der Waals surface area (Å²) in [5, 5.41) is 9.11. The van der Waals surface area contributed by atoms with Crippen LogP contribution < -0.4 is 0 Å². The highest BCUT2D eigenvalue weighted by Gasteiger charge is 2.39.